The number of halogens is 3. The third kappa shape index (κ3) is 4.83. The summed E-state index contributed by atoms with van der Waals surface area (Å²) < 4.78 is 87.6. The van der Waals surface area contributed by atoms with Crippen LogP contribution in [0, 0.1) is 0 Å². The van der Waals surface area contributed by atoms with Crippen LogP contribution in [-0.4, -0.2) is 23.1 Å². The average Bonchev–Trinajstić information content (AvgIpc) is 2.53. The van der Waals surface area contributed by atoms with Crippen molar-refractivity contribution in [3.05, 3.63) is 59.7 Å². The maximum atomic E-state index is 12.6. The average molecular weight is 407 g/mol. The van der Waals surface area contributed by atoms with Crippen LogP contribution < -0.4 is 4.72 Å². The largest absolute Gasteiger partial charge is 0.416 e. The lowest BCUT2D eigenvalue weighted by atomic mass is 10.1. The minimum absolute atomic E-state index is 0.0211. The van der Waals surface area contributed by atoms with Crippen LogP contribution >= 0.6 is 0 Å². The first-order valence-electron chi connectivity index (χ1n) is 7.30. The van der Waals surface area contributed by atoms with E-state index in [2.05, 4.69) is 4.72 Å². The van der Waals surface area contributed by atoms with Crippen molar-refractivity contribution >= 4 is 19.9 Å². The number of sulfone groups is 1. The van der Waals surface area contributed by atoms with Gasteiger partial charge < -0.3 is 0 Å². The van der Waals surface area contributed by atoms with Crippen LogP contribution in [0.3, 0.4) is 0 Å². The molecule has 0 aromatic heterocycles. The van der Waals surface area contributed by atoms with Crippen LogP contribution in [-0.2, 0) is 26.0 Å². The summed E-state index contributed by atoms with van der Waals surface area (Å²) in [5.74, 6) is 0. The normalized spacial score (nSPS) is 14.2. The van der Waals surface area contributed by atoms with Crippen molar-refractivity contribution in [1.29, 1.82) is 0 Å². The number of nitrogens with one attached hydrogen (secondary N) is 1. The molecule has 0 fully saturated rings. The monoisotopic (exact) mass is 407 g/mol. The fourth-order valence-corrected chi connectivity index (χ4v) is 4.06. The molecule has 0 bridgehead atoms. The van der Waals surface area contributed by atoms with Gasteiger partial charge in [-0.3, -0.25) is 0 Å². The molecule has 0 saturated heterocycles. The molecule has 5 nitrogen and oxygen atoms in total. The lowest BCUT2D eigenvalue weighted by Gasteiger charge is -2.16. The quantitative estimate of drug-likeness (QED) is 0.826. The Balaban J connectivity index is 2.20. The predicted molar refractivity (Wildman–Crippen MR) is 89.7 cm³/mol. The zero-order valence-corrected chi connectivity index (χ0v) is 15.4. The van der Waals surface area contributed by atoms with E-state index in [1.165, 1.54) is 31.2 Å². The summed E-state index contributed by atoms with van der Waals surface area (Å²) in [5.41, 5.74) is -0.470. The first-order valence-corrected chi connectivity index (χ1v) is 10.7. The summed E-state index contributed by atoms with van der Waals surface area (Å²) in [6.07, 6.45) is -3.47. The zero-order valence-electron chi connectivity index (χ0n) is 13.8. The van der Waals surface area contributed by atoms with Gasteiger partial charge >= 0.3 is 6.18 Å². The number of sulfonamides is 1. The van der Waals surface area contributed by atoms with Gasteiger partial charge in [-0.05, 0) is 48.9 Å². The summed E-state index contributed by atoms with van der Waals surface area (Å²) in [6, 6.07) is 8.01. The second-order valence-electron chi connectivity index (χ2n) is 5.71. The Morgan fingerprint density at radius 1 is 0.846 bits per heavy atom. The molecule has 26 heavy (non-hydrogen) atoms. The van der Waals surface area contributed by atoms with Crippen LogP contribution in [0.1, 0.15) is 24.1 Å². The minimum atomic E-state index is -4.47. The van der Waals surface area contributed by atoms with E-state index in [0.717, 1.165) is 30.5 Å². The summed E-state index contributed by atoms with van der Waals surface area (Å²) >= 11 is 0. The summed E-state index contributed by atoms with van der Waals surface area (Å²) in [4.78, 5) is -0.170. The molecule has 1 N–H and O–H groups in total. The number of benzene rings is 2. The van der Waals surface area contributed by atoms with Gasteiger partial charge in [0.05, 0.1) is 15.4 Å². The third-order valence-corrected chi connectivity index (χ3v) is 6.32. The summed E-state index contributed by atoms with van der Waals surface area (Å²) in [6.45, 7) is 1.49. The SMILES string of the molecule is C[C@@H](NS(=O)(=O)c1ccc(S(C)(=O)=O)cc1)c1ccc(C(F)(F)F)cc1. The molecule has 0 saturated carbocycles. The Morgan fingerprint density at radius 3 is 1.73 bits per heavy atom. The van der Waals surface area contributed by atoms with Crippen molar-refractivity contribution in [2.24, 2.45) is 0 Å². The van der Waals surface area contributed by atoms with Crippen LogP contribution in [0.2, 0.25) is 0 Å². The topological polar surface area (TPSA) is 80.3 Å². The first kappa shape index (κ1) is 20.4. The highest BCUT2D eigenvalue weighted by molar-refractivity contribution is 7.90. The zero-order chi connectivity index (χ0) is 19.8. The highest BCUT2D eigenvalue weighted by Gasteiger charge is 2.30. The van der Waals surface area contributed by atoms with E-state index in [4.69, 9.17) is 0 Å². The smallest absolute Gasteiger partial charge is 0.224 e. The van der Waals surface area contributed by atoms with Crippen molar-refractivity contribution in [3.63, 3.8) is 0 Å². The Morgan fingerprint density at radius 2 is 1.31 bits per heavy atom. The lowest BCUT2D eigenvalue weighted by molar-refractivity contribution is -0.137. The molecule has 0 unspecified atom stereocenters. The van der Waals surface area contributed by atoms with Gasteiger partial charge in [-0.15, -0.1) is 0 Å². The second kappa shape index (κ2) is 7.01. The maximum Gasteiger partial charge on any atom is 0.416 e. The molecule has 2 aromatic rings. The van der Waals surface area contributed by atoms with Crippen molar-refractivity contribution in [2.75, 3.05) is 6.26 Å². The Hall–Kier alpha value is -1.91. The fourth-order valence-electron chi connectivity index (χ4n) is 2.20. The molecule has 142 valence electrons. The second-order valence-corrected chi connectivity index (χ2v) is 9.44. The molecule has 0 amide bonds. The molecular weight excluding hydrogens is 391 g/mol. The van der Waals surface area contributed by atoms with E-state index in [1.807, 2.05) is 0 Å². The molecule has 0 aliphatic heterocycles. The van der Waals surface area contributed by atoms with Crippen LogP contribution in [0.5, 0.6) is 0 Å². The van der Waals surface area contributed by atoms with E-state index in [9.17, 15) is 30.0 Å². The molecule has 0 spiro atoms. The van der Waals surface area contributed by atoms with Gasteiger partial charge in [0.25, 0.3) is 0 Å². The van der Waals surface area contributed by atoms with E-state index in [0.29, 0.717) is 5.56 Å². The third-order valence-electron chi connectivity index (χ3n) is 3.63. The van der Waals surface area contributed by atoms with Gasteiger partial charge in [0.15, 0.2) is 9.84 Å². The lowest BCUT2D eigenvalue weighted by Crippen LogP contribution is -2.27. The number of alkyl halides is 3. The maximum absolute atomic E-state index is 12.6. The van der Waals surface area contributed by atoms with Crippen LogP contribution in [0.4, 0.5) is 13.2 Å². The van der Waals surface area contributed by atoms with Gasteiger partial charge in [-0.25, -0.2) is 21.6 Å². The Labute approximate surface area is 149 Å². The summed E-state index contributed by atoms with van der Waals surface area (Å²) in [7, 11) is -7.43. The number of hydrogen-bond acceptors (Lipinski definition) is 4. The van der Waals surface area contributed by atoms with Gasteiger partial charge in [0, 0.05) is 12.3 Å². The van der Waals surface area contributed by atoms with E-state index in [-0.39, 0.29) is 9.79 Å². The molecule has 2 rings (SSSR count). The van der Waals surface area contributed by atoms with Crippen LogP contribution in [0.15, 0.2) is 58.3 Å². The molecule has 0 heterocycles. The molecule has 0 aliphatic carbocycles. The highest BCUT2D eigenvalue weighted by atomic mass is 32.2. The predicted octanol–water partition coefficient (Wildman–Crippen LogP) is 3.15. The molecule has 10 heteroatoms. The first-order chi connectivity index (χ1) is 11.8. The fraction of sp³-hybridized carbons (Fsp3) is 0.250. The molecule has 0 radical (unpaired) electrons. The number of rotatable bonds is 5. The van der Waals surface area contributed by atoms with E-state index < -0.39 is 37.6 Å². The van der Waals surface area contributed by atoms with Gasteiger partial charge in [0.2, 0.25) is 10.0 Å². The molecule has 0 aliphatic rings. The van der Waals surface area contributed by atoms with Gasteiger partial charge in [0.1, 0.15) is 0 Å². The number of hydrogen-bond donors (Lipinski definition) is 1. The molecular formula is C16H16F3NO4S2. The molecule has 2 aromatic carbocycles. The van der Waals surface area contributed by atoms with E-state index >= 15 is 0 Å². The highest BCUT2D eigenvalue weighted by Crippen LogP contribution is 2.30. The molecule has 1 atom stereocenters. The standard InChI is InChI=1S/C16H16F3NO4S2/c1-11(12-3-5-13(6-4-12)16(17,18)19)20-26(23,24)15-9-7-14(8-10-15)25(2,21)22/h3-11,20H,1-2H3/t11-/m1/s1. The van der Waals surface area contributed by atoms with Crippen molar-refractivity contribution in [1.82, 2.24) is 4.72 Å². The van der Waals surface area contributed by atoms with Crippen molar-refractivity contribution in [2.45, 2.75) is 28.9 Å². The summed E-state index contributed by atoms with van der Waals surface area (Å²) in [5, 5.41) is 0. The van der Waals surface area contributed by atoms with Crippen molar-refractivity contribution < 1.29 is 30.0 Å². The van der Waals surface area contributed by atoms with Gasteiger partial charge in [-0.1, -0.05) is 12.1 Å². The van der Waals surface area contributed by atoms with Crippen molar-refractivity contribution in [3.8, 4) is 0 Å². The van der Waals surface area contributed by atoms with Gasteiger partial charge in [-0.2, -0.15) is 13.2 Å². The minimum Gasteiger partial charge on any atom is -0.224 e. The Kier molecular flexibility index (Phi) is 5.50. The van der Waals surface area contributed by atoms with E-state index in [1.54, 1.807) is 0 Å². The van der Waals surface area contributed by atoms with Crippen LogP contribution in [0.25, 0.3) is 0 Å². The Bertz CT molecular complexity index is 981.